The molecule has 38 heavy (non-hydrogen) atoms. The maximum atomic E-state index is 13.6. The molecule has 0 saturated carbocycles. The normalized spacial score (nSPS) is 11.4. The van der Waals surface area contributed by atoms with Gasteiger partial charge in [0.1, 0.15) is 17.3 Å². The van der Waals surface area contributed by atoms with Crippen molar-refractivity contribution in [1.29, 1.82) is 0 Å². The first-order valence-electron chi connectivity index (χ1n) is 12.6. The van der Waals surface area contributed by atoms with Gasteiger partial charge in [0.15, 0.2) is 0 Å². The van der Waals surface area contributed by atoms with Gasteiger partial charge in [-0.15, -0.1) is 0 Å². The Morgan fingerprint density at radius 3 is 2.63 bits per heavy atom. The quantitative estimate of drug-likeness (QED) is 0.167. The molecule has 0 radical (unpaired) electrons. The minimum atomic E-state index is -0.405. The molecule has 0 aliphatic carbocycles. The van der Waals surface area contributed by atoms with Crippen LogP contribution in [0.2, 0.25) is 5.02 Å². The van der Waals surface area contributed by atoms with Crippen LogP contribution >= 0.6 is 11.6 Å². The molecule has 0 aliphatic rings. The zero-order chi connectivity index (χ0) is 27.0. The summed E-state index contributed by atoms with van der Waals surface area (Å²) in [5.74, 6) is 0.0117. The van der Waals surface area contributed by atoms with Crippen LogP contribution in [0.3, 0.4) is 0 Å². The van der Waals surface area contributed by atoms with Gasteiger partial charge in [0, 0.05) is 34.6 Å². The number of hydrogen-bond acceptors (Lipinski definition) is 4. The average molecular weight is 534 g/mol. The van der Waals surface area contributed by atoms with Crippen LogP contribution in [0.5, 0.6) is 5.75 Å². The number of aryl methyl sites for hydroxylation is 3. The van der Waals surface area contributed by atoms with Gasteiger partial charge in [-0.25, -0.2) is 9.18 Å². The lowest BCUT2D eigenvalue weighted by Crippen LogP contribution is -2.09. The summed E-state index contributed by atoms with van der Waals surface area (Å²) >= 11 is 6.73. The van der Waals surface area contributed by atoms with Crippen molar-refractivity contribution in [2.24, 2.45) is 7.05 Å². The highest BCUT2D eigenvalue weighted by atomic mass is 35.5. The first-order valence-corrected chi connectivity index (χ1v) is 13.0. The first-order chi connectivity index (χ1) is 18.3. The summed E-state index contributed by atoms with van der Waals surface area (Å²) in [6.07, 6.45) is 1.24. The lowest BCUT2D eigenvalue weighted by Gasteiger charge is -2.10. The van der Waals surface area contributed by atoms with E-state index >= 15 is 0 Å². The molecule has 0 saturated heterocycles. The highest BCUT2D eigenvalue weighted by Gasteiger charge is 2.24. The summed E-state index contributed by atoms with van der Waals surface area (Å²) in [7, 11) is 1.90. The Kier molecular flexibility index (Phi) is 7.13. The number of benzene rings is 3. The molecule has 2 aromatic heterocycles. The van der Waals surface area contributed by atoms with Crippen LogP contribution < -0.4 is 4.74 Å². The fourth-order valence-electron chi connectivity index (χ4n) is 5.09. The Labute approximate surface area is 225 Å². The molecule has 2 heterocycles. The van der Waals surface area contributed by atoms with Gasteiger partial charge in [-0.1, -0.05) is 29.8 Å². The number of ether oxygens (including phenoxy) is 2. The van der Waals surface area contributed by atoms with Crippen molar-refractivity contribution in [1.82, 2.24) is 14.8 Å². The number of hydrogen-bond donors (Lipinski definition) is 1. The van der Waals surface area contributed by atoms with Gasteiger partial charge in [-0.05, 0) is 74.9 Å². The lowest BCUT2D eigenvalue weighted by molar-refractivity contribution is 0.0519. The zero-order valence-corrected chi connectivity index (χ0v) is 22.6. The minimum Gasteiger partial charge on any atom is -0.493 e. The van der Waals surface area contributed by atoms with Crippen molar-refractivity contribution in [2.45, 2.75) is 33.6 Å². The van der Waals surface area contributed by atoms with Crippen molar-refractivity contribution in [3.05, 3.63) is 82.0 Å². The average Bonchev–Trinajstić information content (AvgIpc) is 3.38. The van der Waals surface area contributed by atoms with E-state index in [1.165, 1.54) is 12.1 Å². The minimum absolute atomic E-state index is 0.271. The number of nitrogens with zero attached hydrogens (tertiary/aromatic N) is 2. The number of carbonyl (C=O) groups is 1. The maximum absolute atomic E-state index is 13.6. The highest BCUT2D eigenvalue weighted by Crippen LogP contribution is 2.40. The van der Waals surface area contributed by atoms with E-state index in [-0.39, 0.29) is 12.4 Å². The Morgan fingerprint density at radius 2 is 1.89 bits per heavy atom. The third-order valence-electron chi connectivity index (χ3n) is 6.90. The van der Waals surface area contributed by atoms with E-state index in [0.29, 0.717) is 35.9 Å². The largest absolute Gasteiger partial charge is 0.493 e. The highest BCUT2D eigenvalue weighted by molar-refractivity contribution is 6.35. The van der Waals surface area contributed by atoms with E-state index in [2.05, 4.69) is 10.1 Å². The fraction of sp³-hybridized carbons (Fsp3) is 0.267. The second kappa shape index (κ2) is 10.5. The van der Waals surface area contributed by atoms with Crippen LogP contribution in [-0.4, -0.2) is 33.9 Å². The molecule has 6 nitrogen and oxygen atoms in total. The lowest BCUT2D eigenvalue weighted by atomic mass is 9.98. The van der Waals surface area contributed by atoms with Crippen LogP contribution in [-0.2, 0) is 18.2 Å². The Balaban J connectivity index is 1.48. The van der Waals surface area contributed by atoms with Crippen molar-refractivity contribution < 1.29 is 18.7 Å². The molecule has 0 unspecified atom stereocenters. The Morgan fingerprint density at radius 1 is 1.11 bits per heavy atom. The predicted molar refractivity (Wildman–Crippen MR) is 149 cm³/mol. The van der Waals surface area contributed by atoms with Crippen molar-refractivity contribution in [3.63, 3.8) is 0 Å². The van der Waals surface area contributed by atoms with Gasteiger partial charge in [-0.2, -0.15) is 5.10 Å². The number of aromatic nitrogens is 3. The molecule has 5 aromatic rings. The molecule has 196 valence electrons. The van der Waals surface area contributed by atoms with Crippen molar-refractivity contribution in [2.75, 3.05) is 13.2 Å². The summed E-state index contributed by atoms with van der Waals surface area (Å²) in [5.41, 5.74) is 5.67. The molecule has 0 amide bonds. The molecule has 0 aliphatic heterocycles. The third-order valence-corrected chi connectivity index (χ3v) is 7.22. The number of rotatable bonds is 8. The number of carbonyl (C=O) groups excluding carboxylic acids is 1. The molecule has 3 aromatic carbocycles. The van der Waals surface area contributed by atoms with E-state index < -0.39 is 5.97 Å². The summed E-state index contributed by atoms with van der Waals surface area (Å²) < 4.78 is 26.9. The van der Waals surface area contributed by atoms with Crippen LogP contribution in [0, 0.1) is 19.7 Å². The van der Waals surface area contributed by atoms with Gasteiger partial charge in [0.25, 0.3) is 0 Å². The van der Waals surface area contributed by atoms with E-state index in [1.54, 1.807) is 13.0 Å². The summed E-state index contributed by atoms with van der Waals surface area (Å²) in [6.45, 7) is 6.43. The second-order valence-corrected chi connectivity index (χ2v) is 9.69. The van der Waals surface area contributed by atoms with Crippen LogP contribution in [0.25, 0.3) is 32.8 Å². The van der Waals surface area contributed by atoms with E-state index in [4.69, 9.17) is 21.1 Å². The molecule has 1 N–H and O–H groups in total. The summed E-state index contributed by atoms with van der Waals surface area (Å²) in [6, 6.07) is 14.0. The number of H-pyrrole nitrogens is 1. The van der Waals surface area contributed by atoms with E-state index in [1.807, 2.05) is 55.9 Å². The number of halogens is 2. The SMILES string of the molecule is CCOC(=O)c1[nH]c2c(-c3c(C)nn(C)c3C)c(Cl)ccc2c1CCCOc1cccc2cc(F)ccc12. The molecule has 5 rings (SSSR count). The Hall–Kier alpha value is -3.84. The van der Waals surface area contributed by atoms with Gasteiger partial charge < -0.3 is 14.5 Å². The topological polar surface area (TPSA) is 69.1 Å². The van der Waals surface area contributed by atoms with Gasteiger partial charge in [0.05, 0.1) is 29.4 Å². The number of aromatic amines is 1. The van der Waals surface area contributed by atoms with E-state index in [0.717, 1.165) is 49.8 Å². The van der Waals surface area contributed by atoms with Gasteiger partial charge in [-0.3, -0.25) is 4.68 Å². The molecule has 8 heteroatoms. The smallest absolute Gasteiger partial charge is 0.355 e. The summed E-state index contributed by atoms with van der Waals surface area (Å²) in [4.78, 5) is 16.3. The first kappa shape index (κ1) is 25.8. The van der Waals surface area contributed by atoms with Gasteiger partial charge >= 0.3 is 5.97 Å². The third kappa shape index (κ3) is 4.63. The zero-order valence-electron chi connectivity index (χ0n) is 21.8. The standard InChI is InChI=1S/C30H29ClFN3O3/c1-5-37-30(36)29-22(9-7-15-38-25-10-6-8-19-16-20(32)11-12-21(19)25)23-13-14-24(31)27(28(23)33-29)26-17(2)34-35(4)18(26)3/h6,8,10-14,16,33H,5,7,9,15H2,1-4H3. The predicted octanol–water partition coefficient (Wildman–Crippen LogP) is 7.32. The molecular formula is C30H29ClFN3O3. The molecule has 0 bridgehead atoms. The molecular weight excluding hydrogens is 505 g/mol. The van der Waals surface area contributed by atoms with E-state index in [9.17, 15) is 9.18 Å². The van der Waals surface area contributed by atoms with Crippen molar-refractivity contribution >= 4 is 39.2 Å². The second-order valence-electron chi connectivity index (χ2n) is 9.29. The fourth-order valence-corrected chi connectivity index (χ4v) is 5.34. The Bertz CT molecular complexity index is 1670. The maximum Gasteiger partial charge on any atom is 0.355 e. The van der Waals surface area contributed by atoms with Crippen LogP contribution in [0.1, 0.15) is 40.8 Å². The number of fused-ring (bicyclic) bond motifs is 2. The number of esters is 1. The van der Waals surface area contributed by atoms with Gasteiger partial charge in [0.2, 0.25) is 0 Å². The number of nitrogens with one attached hydrogen (secondary N) is 1. The molecule has 0 atom stereocenters. The molecule has 0 spiro atoms. The molecule has 0 fully saturated rings. The van der Waals surface area contributed by atoms with Crippen LogP contribution in [0.15, 0.2) is 48.5 Å². The summed E-state index contributed by atoms with van der Waals surface area (Å²) in [5, 5.41) is 7.69. The monoisotopic (exact) mass is 533 g/mol. The van der Waals surface area contributed by atoms with Crippen LogP contribution in [0.4, 0.5) is 4.39 Å². The van der Waals surface area contributed by atoms with Crippen molar-refractivity contribution in [3.8, 4) is 16.9 Å².